The van der Waals surface area contributed by atoms with Crippen molar-refractivity contribution < 1.29 is 4.42 Å². The van der Waals surface area contributed by atoms with Crippen LogP contribution in [0.15, 0.2) is 180 Å². The van der Waals surface area contributed by atoms with Gasteiger partial charge in [-0.1, -0.05) is 111 Å². The van der Waals surface area contributed by atoms with Crippen molar-refractivity contribution in [1.29, 1.82) is 0 Å². The Morgan fingerprint density at radius 2 is 1.09 bits per heavy atom. The molecule has 264 valence electrons. The highest BCUT2D eigenvalue weighted by atomic mass is 16.3. The van der Waals surface area contributed by atoms with Gasteiger partial charge >= 0.3 is 0 Å². The molecule has 12 rings (SSSR count). The Morgan fingerprint density at radius 3 is 1.89 bits per heavy atom. The first-order valence-electron chi connectivity index (χ1n) is 19.3. The van der Waals surface area contributed by atoms with Crippen molar-refractivity contribution in [3.05, 3.63) is 187 Å². The molecule has 0 saturated carbocycles. The smallest absolute Gasteiger partial charge is 0.227 e. The Balaban J connectivity index is 1.02. The van der Waals surface area contributed by atoms with Gasteiger partial charge in [-0.2, -0.15) is 0 Å². The number of fused-ring (bicyclic) bond motifs is 11. The average molecular weight is 718 g/mol. The highest BCUT2D eigenvalue weighted by molar-refractivity contribution is 6.15. The number of rotatable bonds is 4. The Kier molecular flexibility index (Phi) is 6.37. The monoisotopic (exact) mass is 717 g/mol. The van der Waals surface area contributed by atoms with Crippen molar-refractivity contribution in [2.45, 2.75) is 19.3 Å². The Hall–Kier alpha value is -7.17. The highest BCUT2D eigenvalue weighted by Crippen LogP contribution is 2.53. The molecule has 0 atom stereocenters. The molecule has 0 N–H and O–H groups in total. The molecule has 8 aromatic carbocycles. The fourth-order valence-electron chi connectivity index (χ4n) is 9.57. The second-order valence-electron chi connectivity index (χ2n) is 15.6. The highest BCUT2D eigenvalue weighted by Gasteiger charge is 2.38. The minimum atomic E-state index is -0.140. The standard InChI is InChI=1S/C52H35N3O/c1-52(2)43-16-8-6-14-37(43)39-26-27-40-42-31-34(23-29-47(42)55(50(40)49(39)52)35-12-4-3-5-13-35)33-22-28-46-41(30-33)38-15-7-10-18-45(38)54(46)36-24-20-32(21-25-36)51-53-44-17-9-11-19-48(44)56-51/h3-31H,1-2H3. The molecule has 3 aromatic heterocycles. The van der Waals surface area contributed by atoms with E-state index in [0.717, 1.165) is 22.4 Å². The van der Waals surface area contributed by atoms with Gasteiger partial charge in [0.05, 0.1) is 22.1 Å². The summed E-state index contributed by atoms with van der Waals surface area (Å²) >= 11 is 0. The molecule has 0 unspecified atom stereocenters. The van der Waals surface area contributed by atoms with E-state index in [4.69, 9.17) is 9.40 Å². The molecule has 0 radical (unpaired) electrons. The molecule has 0 saturated heterocycles. The predicted molar refractivity (Wildman–Crippen MR) is 231 cm³/mol. The van der Waals surface area contributed by atoms with E-state index in [-0.39, 0.29) is 5.41 Å². The topological polar surface area (TPSA) is 35.9 Å². The lowest BCUT2D eigenvalue weighted by molar-refractivity contribution is 0.620. The van der Waals surface area contributed by atoms with Crippen molar-refractivity contribution in [3.8, 4) is 45.1 Å². The van der Waals surface area contributed by atoms with Crippen LogP contribution >= 0.6 is 0 Å². The Labute approximate surface area is 323 Å². The molecule has 0 aliphatic heterocycles. The number of benzene rings is 8. The van der Waals surface area contributed by atoms with Crippen LogP contribution < -0.4 is 0 Å². The quantitative estimate of drug-likeness (QED) is 0.182. The summed E-state index contributed by atoms with van der Waals surface area (Å²) in [6.07, 6.45) is 0. The van der Waals surface area contributed by atoms with Gasteiger partial charge in [0.15, 0.2) is 5.58 Å². The van der Waals surface area contributed by atoms with E-state index in [9.17, 15) is 0 Å². The summed E-state index contributed by atoms with van der Waals surface area (Å²) in [6, 6.07) is 63.6. The third-order valence-electron chi connectivity index (χ3n) is 12.1. The van der Waals surface area contributed by atoms with Gasteiger partial charge in [-0.25, -0.2) is 4.98 Å². The van der Waals surface area contributed by atoms with Crippen LogP contribution in [0.1, 0.15) is 25.0 Å². The average Bonchev–Trinajstić information content (AvgIpc) is 3.98. The molecule has 4 nitrogen and oxygen atoms in total. The molecule has 56 heavy (non-hydrogen) atoms. The zero-order valence-electron chi connectivity index (χ0n) is 31.0. The normalized spacial score (nSPS) is 13.3. The maximum absolute atomic E-state index is 6.08. The summed E-state index contributed by atoms with van der Waals surface area (Å²) in [6.45, 7) is 4.76. The summed E-state index contributed by atoms with van der Waals surface area (Å²) in [5, 5.41) is 5.00. The molecule has 0 fully saturated rings. The number of nitrogens with zero attached hydrogens (tertiary/aromatic N) is 3. The zero-order chi connectivity index (χ0) is 37.1. The fourth-order valence-corrected chi connectivity index (χ4v) is 9.57. The van der Waals surface area contributed by atoms with Gasteiger partial charge in [0, 0.05) is 43.9 Å². The molecule has 0 amide bonds. The molecule has 0 spiro atoms. The number of oxazole rings is 1. The van der Waals surface area contributed by atoms with Gasteiger partial charge in [0.1, 0.15) is 5.52 Å². The zero-order valence-corrected chi connectivity index (χ0v) is 31.0. The van der Waals surface area contributed by atoms with E-state index in [1.165, 1.54) is 82.7 Å². The summed E-state index contributed by atoms with van der Waals surface area (Å²) in [4.78, 5) is 4.72. The summed E-state index contributed by atoms with van der Waals surface area (Å²) in [5.74, 6) is 0.631. The minimum Gasteiger partial charge on any atom is -0.436 e. The lowest BCUT2D eigenvalue weighted by Crippen LogP contribution is -2.16. The lowest BCUT2D eigenvalue weighted by atomic mass is 9.81. The van der Waals surface area contributed by atoms with Crippen LogP contribution in [0.5, 0.6) is 0 Å². The van der Waals surface area contributed by atoms with Crippen molar-refractivity contribution in [2.24, 2.45) is 0 Å². The van der Waals surface area contributed by atoms with Gasteiger partial charge in [0.25, 0.3) is 0 Å². The van der Waals surface area contributed by atoms with E-state index in [2.05, 4.69) is 175 Å². The maximum atomic E-state index is 6.08. The van der Waals surface area contributed by atoms with Crippen LogP contribution in [-0.2, 0) is 5.41 Å². The van der Waals surface area contributed by atoms with Crippen molar-refractivity contribution >= 4 is 54.7 Å². The van der Waals surface area contributed by atoms with Gasteiger partial charge in [0.2, 0.25) is 5.89 Å². The number of aromatic nitrogens is 3. The fraction of sp³-hybridized carbons (Fsp3) is 0.0577. The van der Waals surface area contributed by atoms with Crippen LogP contribution in [0.25, 0.3) is 99.8 Å². The summed E-state index contributed by atoms with van der Waals surface area (Å²) in [5.41, 5.74) is 17.5. The van der Waals surface area contributed by atoms with E-state index < -0.39 is 0 Å². The van der Waals surface area contributed by atoms with Gasteiger partial charge in [-0.15, -0.1) is 0 Å². The van der Waals surface area contributed by atoms with Gasteiger partial charge in [-0.05, 0) is 112 Å². The largest absolute Gasteiger partial charge is 0.436 e. The first kappa shape index (κ1) is 31.2. The summed E-state index contributed by atoms with van der Waals surface area (Å²) < 4.78 is 10.9. The molecule has 3 heterocycles. The number of para-hydroxylation sites is 4. The van der Waals surface area contributed by atoms with Crippen molar-refractivity contribution in [1.82, 2.24) is 14.1 Å². The summed E-state index contributed by atoms with van der Waals surface area (Å²) in [7, 11) is 0. The molecular formula is C52H35N3O. The SMILES string of the molecule is CC1(C)c2ccccc2-c2ccc3c4cc(-c5ccc6c(c5)c5ccccc5n6-c5ccc(-c6nc7ccccc7o6)cc5)ccc4n(-c4ccccc4)c3c21. The molecule has 11 aromatic rings. The third-order valence-corrected chi connectivity index (χ3v) is 12.1. The first-order valence-corrected chi connectivity index (χ1v) is 19.3. The van der Waals surface area contributed by atoms with Crippen molar-refractivity contribution in [3.63, 3.8) is 0 Å². The van der Waals surface area contributed by atoms with Crippen LogP contribution in [0.3, 0.4) is 0 Å². The molecule has 1 aliphatic carbocycles. The van der Waals surface area contributed by atoms with E-state index >= 15 is 0 Å². The lowest BCUT2D eigenvalue weighted by Gasteiger charge is -2.23. The van der Waals surface area contributed by atoms with E-state index in [1.54, 1.807) is 0 Å². The van der Waals surface area contributed by atoms with Crippen LogP contribution in [0, 0.1) is 0 Å². The maximum Gasteiger partial charge on any atom is 0.227 e. The second-order valence-corrected chi connectivity index (χ2v) is 15.6. The van der Waals surface area contributed by atoms with E-state index in [1.807, 2.05) is 24.3 Å². The van der Waals surface area contributed by atoms with Gasteiger partial charge < -0.3 is 13.6 Å². The number of hydrogen-bond acceptors (Lipinski definition) is 2. The van der Waals surface area contributed by atoms with E-state index in [0.29, 0.717) is 5.89 Å². The van der Waals surface area contributed by atoms with Crippen molar-refractivity contribution in [2.75, 3.05) is 0 Å². The molecular weight excluding hydrogens is 683 g/mol. The molecule has 4 heteroatoms. The second kappa shape index (κ2) is 11.4. The minimum absolute atomic E-state index is 0.140. The third kappa shape index (κ3) is 4.32. The van der Waals surface area contributed by atoms with Gasteiger partial charge in [-0.3, -0.25) is 0 Å². The van der Waals surface area contributed by atoms with Crippen LogP contribution in [0.4, 0.5) is 0 Å². The Morgan fingerprint density at radius 1 is 0.464 bits per heavy atom. The Bertz CT molecular complexity index is 3340. The number of hydrogen-bond donors (Lipinski definition) is 0. The molecule has 0 bridgehead atoms. The first-order chi connectivity index (χ1) is 27.5. The predicted octanol–water partition coefficient (Wildman–Crippen LogP) is 13.7. The van der Waals surface area contributed by atoms with Crippen LogP contribution in [-0.4, -0.2) is 14.1 Å². The van der Waals surface area contributed by atoms with Crippen LogP contribution in [0.2, 0.25) is 0 Å². The molecule has 1 aliphatic rings.